The standard InChI is InChI=1S/C27H22F6N2O3/c1-3-17-14-18(25(37,26(28,29)30)27(31,32)33)9-12-22(17)35-23(13-16-7-5-4-6-8-16)34-21-11-10-19(38-2)15-20(21)24(35)36/h4-12,14-15,37H,3,13H2,1-2H3. The number of alkyl halides is 6. The van der Waals surface area contributed by atoms with Crippen LogP contribution in [0.25, 0.3) is 16.6 Å². The Morgan fingerprint density at radius 2 is 1.58 bits per heavy atom. The van der Waals surface area contributed by atoms with Crippen molar-refractivity contribution in [2.24, 2.45) is 0 Å². The number of hydrogen-bond donors (Lipinski definition) is 1. The topological polar surface area (TPSA) is 64.3 Å². The first-order valence-corrected chi connectivity index (χ1v) is 11.4. The third kappa shape index (κ3) is 4.62. The number of fused-ring (bicyclic) bond motifs is 1. The van der Waals surface area contributed by atoms with Gasteiger partial charge in [-0.3, -0.25) is 9.36 Å². The lowest BCUT2D eigenvalue weighted by Gasteiger charge is -2.33. The van der Waals surface area contributed by atoms with Gasteiger partial charge in [-0.25, -0.2) is 4.98 Å². The second-order valence-corrected chi connectivity index (χ2v) is 8.62. The Bertz CT molecular complexity index is 1510. The maximum absolute atomic E-state index is 13.7. The zero-order chi connectivity index (χ0) is 27.9. The minimum Gasteiger partial charge on any atom is -0.497 e. The van der Waals surface area contributed by atoms with Crippen LogP contribution in [0.15, 0.2) is 71.5 Å². The van der Waals surface area contributed by atoms with Crippen LogP contribution in [0.3, 0.4) is 0 Å². The number of aryl methyl sites for hydroxylation is 1. The van der Waals surface area contributed by atoms with Crippen molar-refractivity contribution in [2.45, 2.75) is 37.7 Å². The van der Waals surface area contributed by atoms with E-state index in [0.717, 1.165) is 11.6 Å². The number of benzene rings is 3. The highest BCUT2D eigenvalue weighted by atomic mass is 19.4. The summed E-state index contributed by atoms with van der Waals surface area (Å²) in [5, 5.41) is 10.0. The Kier molecular flexibility index (Phi) is 7.00. The van der Waals surface area contributed by atoms with Crippen LogP contribution < -0.4 is 10.3 Å². The van der Waals surface area contributed by atoms with E-state index in [1.807, 2.05) is 0 Å². The van der Waals surface area contributed by atoms with Crippen molar-refractivity contribution in [1.82, 2.24) is 9.55 Å². The van der Waals surface area contributed by atoms with Gasteiger partial charge >= 0.3 is 12.4 Å². The molecule has 38 heavy (non-hydrogen) atoms. The number of hydrogen-bond acceptors (Lipinski definition) is 4. The molecule has 0 aliphatic carbocycles. The molecule has 0 bridgehead atoms. The molecule has 0 saturated carbocycles. The Balaban J connectivity index is 2.01. The molecule has 1 aromatic heterocycles. The third-order valence-electron chi connectivity index (χ3n) is 6.29. The summed E-state index contributed by atoms with van der Waals surface area (Å²) >= 11 is 0. The fourth-order valence-corrected chi connectivity index (χ4v) is 4.28. The average Bonchev–Trinajstić information content (AvgIpc) is 2.87. The second kappa shape index (κ2) is 9.79. The van der Waals surface area contributed by atoms with Crippen LogP contribution in [0.1, 0.15) is 29.4 Å². The number of aromatic nitrogens is 2. The van der Waals surface area contributed by atoms with Gasteiger partial charge in [0.25, 0.3) is 11.2 Å². The van der Waals surface area contributed by atoms with Crippen molar-refractivity contribution < 1.29 is 36.2 Å². The summed E-state index contributed by atoms with van der Waals surface area (Å²) in [4.78, 5) is 18.3. The summed E-state index contributed by atoms with van der Waals surface area (Å²) < 4.78 is 87.5. The first-order valence-electron chi connectivity index (χ1n) is 11.4. The van der Waals surface area contributed by atoms with E-state index in [0.29, 0.717) is 23.4 Å². The third-order valence-corrected chi connectivity index (χ3v) is 6.29. The molecule has 200 valence electrons. The van der Waals surface area contributed by atoms with Crippen LogP contribution >= 0.6 is 0 Å². The molecule has 0 spiro atoms. The largest absolute Gasteiger partial charge is 0.497 e. The van der Waals surface area contributed by atoms with Crippen LogP contribution in [-0.4, -0.2) is 34.1 Å². The normalized spacial score (nSPS) is 12.7. The number of rotatable bonds is 6. The Labute approximate surface area is 212 Å². The zero-order valence-corrected chi connectivity index (χ0v) is 20.2. The SMILES string of the molecule is CCc1cc(C(O)(C(F)(F)F)C(F)(F)F)ccc1-n1c(Cc2ccccc2)nc2ccc(OC)cc2c1=O. The maximum atomic E-state index is 13.7. The van der Waals surface area contributed by atoms with Crippen LogP contribution in [-0.2, 0) is 18.4 Å². The molecular weight excluding hydrogens is 514 g/mol. The first-order chi connectivity index (χ1) is 17.8. The molecule has 0 amide bonds. The summed E-state index contributed by atoms with van der Waals surface area (Å²) in [5.74, 6) is 0.591. The monoisotopic (exact) mass is 536 g/mol. The summed E-state index contributed by atoms with van der Waals surface area (Å²) in [5.41, 5.74) is -5.91. The van der Waals surface area contributed by atoms with E-state index in [9.17, 15) is 36.2 Å². The van der Waals surface area contributed by atoms with Crippen molar-refractivity contribution in [3.8, 4) is 11.4 Å². The van der Waals surface area contributed by atoms with Gasteiger partial charge in [0, 0.05) is 12.0 Å². The summed E-state index contributed by atoms with van der Waals surface area (Å²) in [6, 6.07) is 15.8. The maximum Gasteiger partial charge on any atom is 0.430 e. The van der Waals surface area contributed by atoms with Gasteiger partial charge in [-0.05, 0) is 41.8 Å². The molecule has 0 atom stereocenters. The van der Waals surface area contributed by atoms with E-state index in [-0.39, 0.29) is 35.3 Å². The van der Waals surface area contributed by atoms with Gasteiger partial charge < -0.3 is 9.84 Å². The second-order valence-electron chi connectivity index (χ2n) is 8.62. The highest BCUT2D eigenvalue weighted by Gasteiger charge is 2.71. The molecule has 1 heterocycles. The van der Waals surface area contributed by atoms with Gasteiger partial charge in [-0.2, -0.15) is 26.3 Å². The Morgan fingerprint density at radius 3 is 2.16 bits per heavy atom. The lowest BCUT2D eigenvalue weighted by atomic mass is 9.90. The molecule has 0 radical (unpaired) electrons. The van der Waals surface area contributed by atoms with Crippen LogP contribution in [0.4, 0.5) is 26.3 Å². The van der Waals surface area contributed by atoms with E-state index in [1.54, 1.807) is 42.5 Å². The Hall–Kier alpha value is -3.86. The van der Waals surface area contributed by atoms with Gasteiger partial charge in [-0.1, -0.05) is 49.4 Å². The van der Waals surface area contributed by atoms with Gasteiger partial charge in [-0.15, -0.1) is 0 Å². The smallest absolute Gasteiger partial charge is 0.430 e. The first kappa shape index (κ1) is 27.2. The zero-order valence-electron chi connectivity index (χ0n) is 20.2. The molecule has 4 rings (SSSR count). The quantitative estimate of drug-likeness (QED) is 0.314. The molecule has 3 aromatic carbocycles. The highest BCUT2D eigenvalue weighted by Crippen LogP contribution is 2.50. The van der Waals surface area contributed by atoms with Crippen molar-refractivity contribution in [3.63, 3.8) is 0 Å². The minimum absolute atomic E-state index is 0.0186. The number of aliphatic hydroxyl groups is 1. The van der Waals surface area contributed by atoms with E-state index < -0.39 is 29.1 Å². The minimum atomic E-state index is -6.03. The molecule has 4 aromatic rings. The van der Waals surface area contributed by atoms with Crippen LogP contribution in [0.2, 0.25) is 0 Å². The molecule has 5 nitrogen and oxygen atoms in total. The van der Waals surface area contributed by atoms with Crippen LogP contribution in [0.5, 0.6) is 5.75 Å². The lowest BCUT2D eigenvalue weighted by molar-refractivity contribution is -0.376. The van der Waals surface area contributed by atoms with Gasteiger partial charge in [0.1, 0.15) is 11.6 Å². The predicted molar refractivity (Wildman–Crippen MR) is 129 cm³/mol. The predicted octanol–water partition coefficient (Wildman–Crippen LogP) is 5.86. The Morgan fingerprint density at radius 1 is 0.921 bits per heavy atom. The molecule has 1 N–H and O–H groups in total. The van der Waals surface area contributed by atoms with E-state index in [2.05, 4.69) is 4.98 Å². The molecular formula is C27H22F6N2O3. The fraction of sp³-hybridized carbons (Fsp3) is 0.259. The van der Waals surface area contributed by atoms with Crippen LogP contribution in [0, 0.1) is 0 Å². The van der Waals surface area contributed by atoms with E-state index >= 15 is 0 Å². The summed E-state index contributed by atoms with van der Waals surface area (Å²) in [7, 11) is 1.41. The summed E-state index contributed by atoms with van der Waals surface area (Å²) in [6.07, 6.45) is -12.0. The fourth-order valence-electron chi connectivity index (χ4n) is 4.28. The van der Waals surface area contributed by atoms with Gasteiger partial charge in [0.05, 0.1) is 23.7 Å². The van der Waals surface area contributed by atoms with Gasteiger partial charge in [0.2, 0.25) is 0 Å². The van der Waals surface area contributed by atoms with E-state index in [1.165, 1.54) is 24.7 Å². The van der Waals surface area contributed by atoms with E-state index in [4.69, 9.17) is 4.74 Å². The highest BCUT2D eigenvalue weighted by molar-refractivity contribution is 5.80. The number of halogens is 6. The van der Waals surface area contributed by atoms with Crippen molar-refractivity contribution in [2.75, 3.05) is 7.11 Å². The molecule has 0 unspecified atom stereocenters. The molecule has 11 heteroatoms. The van der Waals surface area contributed by atoms with Gasteiger partial charge in [0.15, 0.2) is 0 Å². The molecule has 0 saturated heterocycles. The molecule has 0 fully saturated rings. The van der Waals surface area contributed by atoms with Crippen molar-refractivity contribution in [3.05, 3.63) is 99.6 Å². The lowest BCUT2D eigenvalue weighted by Crippen LogP contribution is -2.54. The summed E-state index contributed by atoms with van der Waals surface area (Å²) in [6.45, 7) is 1.52. The number of methoxy groups -OCH3 is 1. The van der Waals surface area contributed by atoms with Crippen molar-refractivity contribution in [1.29, 1.82) is 0 Å². The number of ether oxygens (including phenoxy) is 1. The number of nitrogens with zero attached hydrogens (tertiary/aromatic N) is 2. The molecule has 0 aliphatic rings. The molecule has 0 aliphatic heterocycles. The van der Waals surface area contributed by atoms with Crippen molar-refractivity contribution >= 4 is 10.9 Å². The average molecular weight is 536 g/mol.